The Balaban J connectivity index is 0. The summed E-state index contributed by atoms with van der Waals surface area (Å²) in [6.07, 6.45) is 1.30. The largest absolute Gasteiger partial charge is 1.00 e. The quantitative estimate of drug-likeness (QED) is 0.335. The van der Waals surface area contributed by atoms with Crippen molar-refractivity contribution in [2.45, 2.75) is 47.1 Å². The van der Waals surface area contributed by atoms with Crippen LogP contribution < -0.4 is 56.5 Å². The third-order valence-electron chi connectivity index (χ3n) is 1.27. The van der Waals surface area contributed by atoms with E-state index in [1.54, 1.807) is 0 Å². The number of hydrogen-bond acceptors (Lipinski definition) is 3. The Bertz CT molecular complexity index is 221. The van der Waals surface area contributed by atoms with E-state index in [0.29, 0.717) is 0 Å². The molecule has 0 spiro atoms. The van der Waals surface area contributed by atoms with E-state index in [0.717, 1.165) is 0 Å². The van der Waals surface area contributed by atoms with Gasteiger partial charge in [0, 0.05) is 6.20 Å². The fourth-order valence-corrected chi connectivity index (χ4v) is 0.448. The third-order valence-corrected chi connectivity index (χ3v) is 1.27. The van der Waals surface area contributed by atoms with Gasteiger partial charge in [-0.2, -0.15) is 10.2 Å². The van der Waals surface area contributed by atoms with Gasteiger partial charge in [0.05, 0.1) is 5.54 Å². The van der Waals surface area contributed by atoms with Crippen molar-refractivity contribution < 1.29 is 56.5 Å². The molecule has 0 radical (unpaired) electrons. The van der Waals surface area contributed by atoms with Crippen molar-refractivity contribution in [1.82, 2.24) is 0 Å². The maximum Gasteiger partial charge on any atom is 1.00 e. The van der Waals surface area contributed by atoms with Gasteiger partial charge in [0.25, 0.3) is 0 Å². The molecule has 3 nitrogen and oxygen atoms in total. The minimum absolute atomic E-state index is 0. The zero-order chi connectivity index (χ0) is 10.7. The number of allylic oxidation sites excluding steroid dienone is 1. The molecule has 0 fully saturated rings. The summed E-state index contributed by atoms with van der Waals surface area (Å²) in [6.45, 7) is 11.4. The number of nitrogens with zero attached hydrogens (tertiary/aromatic N) is 2. The molecule has 4 heteroatoms. The molecule has 0 saturated heterocycles. The summed E-state index contributed by atoms with van der Waals surface area (Å²) in [5.74, 6) is 0.000463. The van der Waals surface area contributed by atoms with E-state index < -0.39 is 0 Å². The molecule has 0 heterocycles. The minimum Gasteiger partial charge on any atom is -0.874 e. The van der Waals surface area contributed by atoms with E-state index in [2.05, 4.69) is 10.2 Å². The molecule has 0 aromatic carbocycles. The molecule has 14 heavy (non-hydrogen) atoms. The molecule has 0 aliphatic carbocycles. The standard InChI is InChI=1S/C10H20N2O.K/c1-9(2,3)8(13)7-11-12-10(4,5)6;/h7,13H,1-6H3;/q;+1/p-1/b8-7+,12-11+;. The van der Waals surface area contributed by atoms with E-state index in [4.69, 9.17) is 0 Å². The monoisotopic (exact) mass is 222 g/mol. The Labute approximate surface area is 129 Å². The Morgan fingerprint density at radius 2 is 1.50 bits per heavy atom. The zero-order valence-electron chi connectivity index (χ0n) is 10.4. The predicted molar refractivity (Wildman–Crippen MR) is 52.1 cm³/mol. The van der Waals surface area contributed by atoms with Gasteiger partial charge in [0.15, 0.2) is 0 Å². The number of azo groups is 1. The summed E-state index contributed by atoms with van der Waals surface area (Å²) in [5, 5.41) is 19.1. The smallest absolute Gasteiger partial charge is 0.874 e. The fraction of sp³-hybridized carbons (Fsp3) is 0.800. The van der Waals surface area contributed by atoms with Crippen LogP contribution in [0.3, 0.4) is 0 Å². The second-order valence-corrected chi connectivity index (χ2v) is 5.13. The van der Waals surface area contributed by atoms with Gasteiger partial charge in [0.1, 0.15) is 0 Å². The van der Waals surface area contributed by atoms with Crippen molar-refractivity contribution in [2.75, 3.05) is 0 Å². The molecule has 0 aliphatic heterocycles. The normalized spacial score (nSPS) is 14.3. The maximum atomic E-state index is 11.3. The molecule has 0 saturated carbocycles. The van der Waals surface area contributed by atoms with Crippen LogP contribution in [0.5, 0.6) is 0 Å². The molecule has 0 aromatic rings. The van der Waals surface area contributed by atoms with Gasteiger partial charge in [-0.05, 0) is 26.2 Å². The molecule has 0 N–H and O–H groups in total. The van der Waals surface area contributed by atoms with Gasteiger partial charge in [-0.3, -0.25) is 0 Å². The first-order valence-electron chi connectivity index (χ1n) is 4.42. The fourth-order valence-electron chi connectivity index (χ4n) is 0.448. The average Bonchev–Trinajstić information content (AvgIpc) is 1.82. The molecule has 0 amide bonds. The number of hydrogen-bond donors (Lipinski definition) is 0. The summed E-state index contributed by atoms with van der Waals surface area (Å²) in [5.41, 5.74) is -0.578. The second kappa shape index (κ2) is 6.38. The summed E-state index contributed by atoms with van der Waals surface area (Å²) >= 11 is 0. The van der Waals surface area contributed by atoms with E-state index in [9.17, 15) is 5.11 Å². The van der Waals surface area contributed by atoms with E-state index in [-0.39, 0.29) is 68.1 Å². The second-order valence-electron chi connectivity index (χ2n) is 5.13. The van der Waals surface area contributed by atoms with Crippen molar-refractivity contribution in [3.05, 3.63) is 12.0 Å². The predicted octanol–water partition coefficient (Wildman–Crippen LogP) is -0.511. The van der Waals surface area contributed by atoms with Crippen LogP contribution >= 0.6 is 0 Å². The Morgan fingerprint density at radius 3 is 1.79 bits per heavy atom. The molecule has 76 valence electrons. The summed E-state index contributed by atoms with van der Waals surface area (Å²) in [6, 6.07) is 0. The molecule has 0 aliphatic rings. The van der Waals surface area contributed by atoms with E-state index in [1.165, 1.54) is 6.20 Å². The summed E-state index contributed by atoms with van der Waals surface area (Å²) in [7, 11) is 0. The van der Waals surface area contributed by atoms with Gasteiger partial charge in [-0.15, -0.1) is 5.76 Å². The van der Waals surface area contributed by atoms with Gasteiger partial charge < -0.3 is 5.11 Å². The van der Waals surface area contributed by atoms with Gasteiger partial charge in [-0.25, -0.2) is 0 Å². The van der Waals surface area contributed by atoms with Crippen molar-refractivity contribution >= 4 is 0 Å². The molecule has 0 rings (SSSR count). The third kappa shape index (κ3) is 9.34. The number of rotatable bonds is 1. The van der Waals surface area contributed by atoms with E-state index >= 15 is 0 Å². The van der Waals surface area contributed by atoms with Crippen LogP contribution in [0.15, 0.2) is 22.2 Å². The first-order chi connectivity index (χ1) is 5.63. The summed E-state index contributed by atoms with van der Waals surface area (Å²) < 4.78 is 0. The Kier molecular flexibility index (Phi) is 7.83. The molecule has 0 atom stereocenters. The Hall–Kier alpha value is 0.776. The SMILES string of the molecule is CC(C)(C)/N=N/C=C(/[O-])C(C)(C)C.[K+]. The summed E-state index contributed by atoms with van der Waals surface area (Å²) in [4.78, 5) is 0. The van der Waals surface area contributed by atoms with Gasteiger partial charge in [-0.1, -0.05) is 20.8 Å². The van der Waals surface area contributed by atoms with Crippen LogP contribution in [0, 0.1) is 5.41 Å². The van der Waals surface area contributed by atoms with Crippen molar-refractivity contribution in [1.29, 1.82) is 0 Å². The van der Waals surface area contributed by atoms with Crippen LogP contribution in [-0.4, -0.2) is 5.54 Å². The maximum absolute atomic E-state index is 11.3. The zero-order valence-corrected chi connectivity index (χ0v) is 13.5. The van der Waals surface area contributed by atoms with Crippen molar-refractivity contribution in [3.8, 4) is 0 Å². The first kappa shape index (κ1) is 17.2. The van der Waals surface area contributed by atoms with Crippen LogP contribution in [0.25, 0.3) is 0 Å². The first-order valence-corrected chi connectivity index (χ1v) is 4.42. The molecular formula is C10H19KN2O. The molecule has 0 bridgehead atoms. The van der Waals surface area contributed by atoms with Gasteiger partial charge in [0.2, 0.25) is 0 Å². The molecule has 0 aromatic heterocycles. The topological polar surface area (TPSA) is 47.8 Å². The molecule has 0 unspecified atom stereocenters. The Morgan fingerprint density at radius 1 is 1.07 bits per heavy atom. The van der Waals surface area contributed by atoms with Crippen molar-refractivity contribution in [2.24, 2.45) is 15.6 Å². The average molecular weight is 222 g/mol. The van der Waals surface area contributed by atoms with Gasteiger partial charge >= 0.3 is 51.4 Å². The van der Waals surface area contributed by atoms with Crippen LogP contribution in [0.1, 0.15) is 41.5 Å². The van der Waals surface area contributed by atoms with Crippen LogP contribution in [0.4, 0.5) is 0 Å². The minimum atomic E-state index is -0.364. The van der Waals surface area contributed by atoms with Crippen LogP contribution in [0.2, 0.25) is 0 Å². The van der Waals surface area contributed by atoms with Crippen molar-refractivity contribution in [3.63, 3.8) is 0 Å². The van der Waals surface area contributed by atoms with Crippen LogP contribution in [-0.2, 0) is 0 Å². The molecular weight excluding hydrogens is 203 g/mol. The van der Waals surface area contributed by atoms with E-state index in [1.807, 2.05) is 41.5 Å².